The van der Waals surface area contributed by atoms with E-state index in [0.29, 0.717) is 11.8 Å². The number of amides is 1. The van der Waals surface area contributed by atoms with E-state index >= 15 is 0 Å². The van der Waals surface area contributed by atoms with Crippen molar-refractivity contribution in [3.8, 4) is 0 Å². The number of aromatic nitrogens is 3. The number of aryl methyl sites for hydroxylation is 1. The lowest BCUT2D eigenvalue weighted by Gasteiger charge is -2.24. The Morgan fingerprint density at radius 1 is 1.25 bits per heavy atom. The quantitative estimate of drug-likeness (QED) is 0.735. The number of rotatable bonds is 5. The summed E-state index contributed by atoms with van der Waals surface area (Å²) in [4.78, 5) is 12.2. The van der Waals surface area contributed by atoms with Crippen LogP contribution in [0.25, 0.3) is 0 Å². The maximum atomic E-state index is 12.2. The second-order valence-corrected chi connectivity index (χ2v) is 7.89. The highest BCUT2D eigenvalue weighted by Gasteiger charge is 2.21. The zero-order valence-corrected chi connectivity index (χ0v) is 16.1. The lowest BCUT2D eigenvalue weighted by molar-refractivity contribution is -0.113. The van der Waals surface area contributed by atoms with Crippen LogP contribution in [0.5, 0.6) is 0 Å². The van der Waals surface area contributed by atoms with E-state index in [1.54, 1.807) is 0 Å². The number of anilines is 1. The summed E-state index contributed by atoms with van der Waals surface area (Å²) in [7, 11) is 0. The van der Waals surface area contributed by atoms with Crippen LogP contribution in [0.4, 0.5) is 5.69 Å². The van der Waals surface area contributed by atoms with Gasteiger partial charge in [-0.05, 0) is 44.0 Å². The largest absolute Gasteiger partial charge is 0.325 e. The number of thioether (sulfide) groups is 1. The molecule has 0 radical (unpaired) electrons. The fourth-order valence-corrected chi connectivity index (χ4v) is 4.18. The summed E-state index contributed by atoms with van der Waals surface area (Å²) in [5, 5.41) is 12.2. The van der Waals surface area contributed by atoms with E-state index in [0.717, 1.165) is 21.1 Å². The molecular weight excluding hydrogens is 388 g/mol. The first-order chi connectivity index (χ1) is 11.6. The van der Waals surface area contributed by atoms with E-state index < -0.39 is 0 Å². The topological polar surface area (TPSA) is 59.8 Å². The van der Waals surface area contributed by atoms with E-state index in [-0.39, 0.29) is 5.91 Å². The molecule has 0 aliphatic heterocycles. The van der Waals surface area contributed by atoms with Gasteiger partial charge in [-0.3, -0.25) is 4.79 Å². The summed E-state index contributed by atoms with van der Waals surface area (Å²) in [6.07, 6.45) is 6.19. The Kier molecular flexibility index (Phi) is 5.94. The molecule has 1 amide bonds. The predicted molar refractivity (Wildman–Crippen MR) is 100 cm³/mol. The third-order valence-corrected chi connectivity index (χ3v) is 5.71. The lowest BCUT2D eigenvalue weighted by atomic mass is 9.95. The van der Waals surface area contributed by atoms with Crippen LogP contribution < -0.4 is 5.32 Å². The van der Waals surface area contributed by atoms with Crippen LogP contribution in [0.1, 0.15) is 44.0 Å². The van der Waals surface area contributed by atoms with E-state index in [4.69, 9.17) is 0 Å². The van der Waals surface area contributed by atoms with Gasteiger partial charge in [0.05, 0.1) is 5.75 Å². The van der Waals surface area contributed by atoms with Crippen molar-refractivity contribution in [3.05, 3.63) is 34.6 Å². The fraction of sp³-hybridized carbons (Fsp3) is 0.471. The number of hydrogen-bond donors (Lipinski definition) is 1. The van der Waals surface area contributed by atoms with Gasteiger partial charge in [0.25, 0.3) is 0 Å². The molecule has 3 rings (SSSR count). The van der Waals surface area contributed by atoms with E-state index in [1.165, 1.54) is 43.9 Å². The van der Waals surface area contributed by atoms with Crippen molar-refractivity contribution >= 4 is 39.3 Å². The van der Waals surface area contributed by atoms with Crippen LogP contribution in [0, 0.1) is 6.92 Å². The number of halogens is 1. The number of benzene rings is 1. The van der Waals surface area contributed by atoms with Crippen molar-refractivity contribution in [2.45, 2.75) is 50.2 Å². The molecule has 1 fully saturated rings. The van der Waals surface area contributed by atoms with Crippen molar-refractivity contribution in [2.24, 2.45) is 0 Å². The molecule has 1 aromatic carbocycles. The molecule has 1 aliphatic carbocycles. The fourth-order valence-electron chi connectivity index (χ4n) is 3.07. The van der Waals surface area contributed by atoms with Crippen molar-refractivity contribution in [1.29, 1.82) is 0 Å². The zero-order valence-electron chi connectivity index (χ0n) is 13.7. The van der Waals surface area contributed by atoms with Crippen LogP contribution in [0.15, 0.2) is 33.9 Å². The van der Waals surface area contributed by atoms with Crippen LogP contribution >= 0.6 is 27.7 Å². The van der Waals surface area contributed by atoms with Gasteiger partial charge in [-0.15, -0.1) is 10.2 Å². The summed E-state index contributed by atoms with van der Waals surface area (Å²) < 4.78 is 3.21. The SMILES string of the molecule is Cc1nnc(SCC(=O)Nc2ccc(Br)cc2)n1C1CCCCC1. The molecule has 1 saturated carbocycles. The van der Waals surface area contributed by atoms with Gasteiger partial charge >= 0.3 is 0 Å². The molecule has 5 nitrogen and oxygen atoms in total. The summed E-state index contributed by atoms with van der Waals surface area (Å²) in [6, 6.07) is 8.05. The Labute approximate surface area is 154 Å². The number of hydrogen-bond acceptors (Lipinski definition) is 4. The molecule has 7 heteroatoms. The summed E-state index contributed by atoms with van der Waals surface area (Å²) in [5.41, 5.74) is 0.800. The molecule has 0 atom stereocenters. The summed E-state index contributed by atoms with van der Waals surface area (Å²) >= 11 is 4.85. The Hall–Kier alpha value is -1.34. The maximum absolute atomic E-state index is 12.2. The van der Waals surface area contributed by atoms with Gasteiger partial charge in [0.15, 0.2) is 5.16 Å². The van der Waals surface area contributed by atoms with Crippen molar-refractivity contribution in [2.75, 3.05) is 11.1 Å². The van der Waals surface area contributed by atoms with Crippen molar-refractivity contribution < 1.29 is 4.79 Å². The summed E-state index contributed by atoms with van der Waals surface area (Å²) in [5.74, 6) is 1.25. The maximum Gasteiger partial charge on any atom is 0.234 e. The molecular formula is C17H21BrN4OS. The van der Waals surface area contributed by atoms with Gasteiger partial charge in [-0.25, -0.2) is 0 Å². The third kappa shape index (κ3) is 4.39. The second kappa shape index (κ2) is 8.16. The molecule has 128 valence electrons. The first-order valence-electron chi connectivity index (χ1n) is 8.23. The molecule has 24 heavy (non-hydrogen) atoms. The second-order valence-electron chi connectivity index (χ2n) is 6.04. The minimum atomic E-state index is -0.0295. The average Bonchev–Trinajstić information content (AvgIpc) is 2.96. The Morgan fingerprint density at radius 3 is 2.67 bits per heavy atom. The standard InChI is InChI=1S/C17H21BrN4OS/c1-12-20-21-17(22(12)15-5-3-2-4-6-15)24-11-16(23)19-14-9-7-13(18)8-10-14/h7-10,15H,2-6,11H2,1H3,(H,19,23). The van der Waals surface area contributed by atoms with Gasteiger partial charge in [-0.2, -0.15) is 0 Å². The first-order valence-corrected chi connectivity index (χ1v) is 10.0. The van der Waals surface area contributed by atoms with E-state index in [1.807, 2.05) is 31.2 Å². The predicted octanol–water partition coefficient (Wildman–Crippen LogP) is 4.59. The average molecular weight is 409 g/mol. The van der Waals surface area contributed by atoms with Crippen molar-refractivity contribution in [1.82, 2.24) is 14.8 Å². The van der Waals surface area contributed by atoms with Crippen LogP contribution in [0.2, 0.25) is 0 Å². The number of nitrogens with one attached hydrogen (secondary N) is 1. The monoisotopic (exact) mass is 408 g/mol. The normalized spacial score (nSPS) is 15.4. The van der Waals surface area contributed by atoms with Gasteiger partial charge in [-0.1, -0.05) is 47.0 Å². The van der Waals surface area contributed by atoms with Gasteiger partial charge in [0.1, 0.15) is 5.82 Å². The van der Waals surface area contributed by atoms with Gasteiger partial charge < -0.3 is 9.88 Å². The molecule has 0 saturated heterocycles. The van der Waals surface area contributed by atoms with Gasteiger partial charge in [0.2, 0.25) is 5.91 Å². The highest BCUT2D eigenvalue weighted by Crippen LogP contribution is 2.32. The highest BCUT2D eigenvalue weighted by atomic mass is 79.9. The molecule has 1 heterocycles. The van der Waals surface area contributed by atoms with E-state index in [9.17, 15) is 4.79 Å². The van der Waals surface area contributed by atoms with Crippen molar-refractivity contribution in [3.63, 3.8) is 0 Å². The molecule has 1 N–H and O–H groups in total. The third-order valence-electron chi connectivity index (χ3n) is 4.24. The smallest absolute Gasteiger partial charge is 0.234 e. The Morgan fingerprint density at radius 2 is 1.96 bits per heavy atom. The number of carbonyl (C=O) groups is 1. The zero-order chi connectivity index (χ0) is 16.9. The number of carbonyl (C=O) groups excluding carboxylic acids is 1. The molecule has 1 aromatic heterocycles. The molecule has 1 aliphatic rings. The minimum Gasteiger partial charge on any atom is -0.325 e. The Balaban J connectivity index is 1.60. The Bertz CT molecular complexity index is 695. The highest BCUT2D eigenvalue weighted by molar-refractivity contribution is 9.10. The lowest BCUT2D eigenvalue weighted by Crippen LogP contribution is -2.17. The first kappa shape index (κ1) is 17.5. The molecule has 2 aromatic rings. The van der Waals surface area contributed by atoms with Crippen LogP contribution in [0.3, 0.4) is 0 Å². The molecule has 0 unspecified atom stereocenters. The summed E-state index contributed by atoms with van der Waals surface area (Å²) in [6.45, 7) is 1.99. The molecule has 0 bridgehead atoms. The molecule has 0 spiro atoms. The van der Waals surface area contributed by atoms with E-state index in [2.05, 4.69) is 36.0 Å². The van der Waals surface area contributed by atoms with Crippen LogP contribution in [-0.4, -0.2) is 26.4 Å². The van der Waals surface area contributed by atoms with Crippen LogP contribution in [-0.2, 0) is 4.79 Å². The minimum absolute atomic E-state index is 0.0295. The number of nitrogens with zero attached hydrogens (tertiary/aromatic N) is 3. The van der Waals surface area contributed by atoms with Gasteiger partial charge in [0, 0.05) is 16.2 Å².